The van der Waals surface area contributed by atoms with Gasteiger partial charge in [0.1, 0.15) is 12.1 Å². The molecule has 2 saturated heterocycles. The summed E-state index contributed by atoms with van der Waals surface area (Å²) in [7, 11) is -0.669. The summed E-state index contributed by atoms with van der Waals surface area (Å²) >= 11 is 0. The molecule has 0 radical (unpaired) electrons. The first kappa shape index (κ1) is 37.3. The Labute approximate surface area is 318 Å². The lowest BCUT2D eigenvalue weighted by Gasteiger charge is -2.50. The maximum atomic E-state index is 13.8. The minimum absolute atomic E-state index is 0.00314. The number of aromatic nitrogens is 5. The lowest BCUT2D eigenvalue weighted by atomic mass is 10.1. The van der Waals surface area contributed by atoms with Crippen LogP contribution in [0.3, 0.4) is 0 Å². The smallest absolute Gasteiger partial charge is 0.422 e. The molecule has 0 aliphatic carbocycles. The van der Waals surface area contributed by atoms with Crippen LogP contribution in [-0.4, -0.2) is 113 Å². The van der Waals surface area contributed by atoms with E-state index in [1.165, 1.54) is 21.5 Å². The van der Waals surface area contributed by atoms with E-state index in [0.29, 0.717) is 37.5 Å². The highest BCUT2D eigenvalue weighted by Gasteiger charge is 2.52. The zero-order chi connectivity index (χ0) is 38.3. The van der Waals surface area contributed by atoms with Crippen molar-refractivity contribution in [2.75, 3.05) is 56.1 Å². The number of amides is 2. The number of nitrogens with zero attached hydrogens (tertiary/aromatic N) is 9. The van der Waals surface area contributed by atoms with Gasteiger partial charge in [0.05, 0.1) is 23.7 Å². The number of pyridine rings is 1. The Morgan fingerprint density at radius 3 is 2.09 bits per heavy atom. The van der Waals surface area contributed by atoms with Crippen molar-refractivity contribution in [3.63, 3.8) is 0 Å². The molecule has 284 valence electrons. The average molecular weight is 750 g/mol. The minimum atomic E-state index is -2.72. The highest BCUT2D eigenvalue weighted by molar-refractivity contribution is 6.99. The number of carbonyl (C=O) groups excluding carboxylic acids is 2. The Morgan fingerprint density at radius 1 is 0.870 bits per heavy atom. The number of carbonyl (C=O) groups is 2. The fraction of sp³-hybridized carbons (Fsp3) is 0.425. The topological polar surface area (TPSA) is 114 Å². The van der Waals surface area contributed by atoms with Crippen LogP contribution >= 0.6 is 0 Å². The zero-order valence-corrected chi connectivity index (χ0v) is 33.3. The van der Waals surface area contributed by atoms with Gasteiger partial charge < -0.3 is 23.9 Å². The van der Waals surface area contributed by atoms with E-state index in [9.17, 15) is 9.59 Å². The average Bonchev–Trinajstić information content (AvgIpc) is 3.75. The molecule has 14 heteroatoms. The molecule has 5 aromatic rings. The van der Waals surface area contributed by atoms with Gasteiger partial charge in [-0.2, -0.15) is 10.1 Å². The molecule has 54 heavy (non-hydrogen) atoms. The van der Waals surface area contributed by atoms with Gasteiger partial charge in [-0.1, -0.05) is 81.4 Å². The van der Waals surface area contributed by atoms with Crippen LogP contribution in [0.1, 0.15) is 41.5 Å². The molecule has 3 aromatic heterocycles. The monoisotopic (exact) mass is 749 g/mol. The normalized spacial score (nSPS) is 16.1. The van der Waals surface area contributed by atoms with Gasteiger partial charge in [0.15, 0.2) is 5.65 Å². The van der Waals surface area contributed by atoms with Crippen LogP contribution in [0.15, 0.2) is 91.4 Å². The van der Waals surface area contributed by atoms with Crippen molar-refractivity contribution in [2.24, 2.45) is 0 Å². The Balaban J connectivity index is 1.15. The molecule has 2 amide bonds. The summed E-state index contributed by atoms with van der Waals surface area (Å²) in [5, 5.41) is 11.6. The second-order valence-corrected chi connectivity index (χ2v) is 20.5. The van der Waals surface area contributed by atoms with Gasteiger partial charge in [0, 0.05) is 51.7 Å². The second-order valence-electron chi connectivity index (χ2n) is 16.3. The highest BCUT2D eigenvalue weighted by Crippen LogP contribution is 2.39. The molecular weight excluding hydrogens is 699 g/mol. The molecule has 2 fully saturated rings. The van der Waals surface area contributed by atoms with E-state index in [-0.39, 0.29) is 29.5 Å². The van der Waals surface area contributed by atoms with Crippen molar-refractivity contribution in [1.29, 1.82) is 0 Å². The van der Waals surface area contributed by atoms with Crippen LogP contribution in [0.5, 0.6) is 0 Å². The predicted octanol–water partition coefficient (Wildman–Crippen LogP) is 4.54. The fourth-order valence-electron chi connectivity index (χ4n) is 7.33. The third-order valence-corrected chi connectivity index (χ3v) is 15.2. The van der Waals surface area contributed by atoms with Gasteiger partial charge in [0.25, 0.3) is 14.3 Å². The number of hydrogen-bond acceptors (Lipinski definition) is 9. The number of rotatable bonds is 9. The van der Waals surface area contributed by atoms with E-state index in [1.807, 2.05) is 44.0 Å². The van der Waals surface area contributed by atoms with Crippen molar-refractivity contribution in [3.05, 3.63) is 91.4 Å². The molecule has 0 N–H and O–H groups in total. The fourth-order valence-corrected chi connectivity index (χ4v) is 12.0. The summed E-state index contributed by atoms with van der Waals surface area (Å²) in [5.41, 5.74) is 1.11. The van der Waals surface area contributed by atoms with Gasteiger partial charge in [0.2, 0.25) is 5.91 Å². The summed E-state index contributed by atoms with van der Waals surface area (Å²) in [6.07, 6.45) is 4.36. The SMILES string of the molecule is CN1CCN(C(=O)Cn2cc(N(C(=O)OC(C)(C)C)c3nc4c(N5CC(O[Si](c6ccccc6)(c6ccccc6)C(C)(C)C)C5)cccn4n3)cn2)CC1. The first-order valence-electron chi connectivity index (χ1n) is 18.6. The molecule has 2 aliphatic heterocycles. The van der Waals surface area contributed by atoms with Gasteiger partial charge in [-0.05, 0) is 55.4 Å². The number of likely N-dealkylation sites (N-methyl/N-ethyl adjacent to an activating group) is 1. The molecule has 0 bridgehead atoms. The maximum absolute atomic E-state index is 13.8. The summed E-state index contributed by atoms with van der Waals surface area (Å²) in [6.45, 7) is 16.7. The minimum Gasteiger partial charge on any atom is -0.443 e. The Kier molecular flexibility index (Phi) is 10.1. The number of ether oxygens (including phenoxy) is 1. The van der Waals surface area contributed by atoms with Gasteiger partial charge in [-0.25, -0.2) is 14.2 Å². The Bertz CT molecular complexity index is 2040. The lowest BCUT2D eigenvalue weighted by molar-refractivity contribution is -0.133. The maximum Gasteiger partial charge on any atom is 0.422 e. The molecule has 5 heterocycles. The van der Waals surface area contributed by atoms with Crippen LogP contribution < -0.4 is 20.2 Å². The van der Waals surface area contributed by atoms with Crippen LogP contribution in [-0.2, 0) is 20.5 Å². The van der Waals surface area contributed by atoms with E-state index in [0.717, 1.165) is 18.8 Å². The van der Waals surface area contributed by atoms with Gasteiger partial charge >= 0.3 is 6.09 Å². The predicted molar refractivity (Wildman–Crippen MR) is 212 cm³/mol. The molecule has 0 spiro atoms. The summed E-state index contributed by atoms with van der Waals surface area (Å²) in [6, 6.07) is 25.3. The Hall–Kier alpha value is -5.05. The largest absolute Gasteiger partial charge is 0.443 e. The number of hydrogen-bond donors (Lipinski definition) is 0. The highest BCUT2D eigenvalue weighted by atomic mass is 28.4. The second kappa shape index (κ2) is 14.6. The third-order valence-electron chi connectivity index (χ3n) is 10.1. The first-order chi connectivity index (χ1) is 25.7. The van der Waals surface area contributed by atoms with E-state index >= 15 is 0 Å². The zero-order valence-electron chi connectivity index (χ0n) is 32.3. The van der Waals surface area contributed by atoms with Crippen LogP contribution in [0.2, 0.25) is 5.04 Å². The number of anilines is 3. The quantitative estimate of drug-likeness (QED) is 0.201. The van der Waals surface area contributed by atoms with E-state index in [2.05, 4.69) is 103 Å². The van der Waals surface area contributed by atoms with Crippen molar-refractivity contribution in [3.8, 4) is 0 Å². The van der Waals surface area contributed by atoms with Gasteiger partial charge in [-0.15, -0.1) is 5.10 Å². The third kappa shape index (κ3) is 7.50. The number of benzene rings is 2. The van der Waals surface area contributed by atoms with Crippen LogP contribution in [0.25, 0.3) is 5.65 Å². The van der Waals surface area contributed by atoms with Gasteiger partial charge in [-0.3, -0.25) is 9.48 Å². The molecular formula is C40H51N9O4Si. The van der Waals surface area contributed by atoms with E-state index in [4.69, 9.17) is 19.2 Å². The van der Waals surface area contributed by atoms with E-state index in [1.54, 1.807) is 15.4 Å². The number of fused-ring (bicyclic) bond motifs is 1. The summed E-state index contributed by atoms with van der Waals surface area (Å²) in [4.78, 5) is 39.4. The summed E-state index contributed by atoms with van der Waals surface area (Å²) < 4.78 is 16.4. The van der Waals surface area contributed by atoms with Crippen molar-refractivity contribution in [1.82, 2.24) is 34.2 Å². The molecule has 2 aliphatic rings. The van der Waals surface area contributed by atoms with Crippen LogP contribution in [0, 0.1) is 0 Å². The van der Waals surface area contributed by atoms with Crippen LogP contribution in [0.4, 0.5) is 22.1 Å². The first-order valence-corrected chi connectivity index (χ1v) is 20.5. The standard InChI is InChI=1S/C40H51N9O4Si/c1-39(2,3)52-38(51)49(30-25-41-47(26-30)29-35(50)45-23-21-44(7)22-24-45)37-42-36-34(19-14-20-48(36)43-37)46-27-31(28-46)53-54(40(4,5)6,32-15-10-8-11-16-32)33-17-12-9-13-18-33/h8-20,25-26,31H,21-24,27-29H2,1-7H3. The molecule has 7 rings (SSSR count). The Morgan fingerprint density at radius 2 is 1.50 bits per heavy atom. The molecule has 0 unspecified atom stereocenters. The molecule has 2 aromatic carbocycles. The molecule has 0 saturated carbocycles. The van der Waals surface area contributed by atoms with Crippen molar-refractivity contribution < 1.29 is 18.8 Å². The summed E-state index contributed by atoms with van der Waals surface area (Å²) in [5.74, 6) is 0.117. The number of piperazine rings is 1. The van der Waals surface area contributed by atoms with E-state index < -0.39 is 20.0 Å². The molecule has 0 atom stereocenters. The van der Waals surface area contributed by atoms with Crippen molar-refractivity contribution in [2.45, 2.75) is 64.8 Å². The lowest BCUT2D eigenvalue weighted by Crippen LogP contribution is -2.70. The molecule has 13 nitrogen and oxygen atoms in total. The van der Waals surface area contributed by atoms with Crippen molar-refractivity contribution >= 4 is 53.7 Å².